The third-order valence-electron chi connectivity index (χ3n) is 7.07. The predicted octanol–water partition coefficient (Wildman–Crippen LogP) is 3.43. The molecular formula is C31H36FN5O2. The summed E-state index contributed by atoms with van der Waals surface area (Å²) in [5, 5.41) is 12.3. The maximum absolute atomic E-state index is 14.7. The highest BCUT2D eigenvalue weighted by molar-refractivity contribution is 5.97. The molecule has 7 nitrogen and oxygen atoms in total. The van der Waals surface area contributed by atoms with Gasteiger partial charge in [0, 0.05) is 30.9 Å². The molecular weight excluding hydrogens is 493 g/mol. The van der Waals surface area contributed by atoms with Gasteiger partial charge in [-0.15, -0.1) is 6.42 Å². The first-order valence-electron chi connectivity index (χ1n) is 13.3. The Labute approximate surface area is 229 Å². The summed E-state index contributed by atoms with van der Waals surface area (Å²) in [7, 11) is 0. The number of hydrogen-bond acceptors (Lipinski definition) is 5. The molecule has 8 heteroatoms. The van der Waals surface area contributed by atoms with E-state index < -0.39 is 5.54 Å². The fourth-order valence-electron chi connectivity index (χ4n) is 4.40. The molecule has 2 aromatic carbocycles. The highest BCUT2D eigenvalue weighted by Crippen LogP contribution is 2.46. The zero-order chi connectivity index (χ0) is 28.0. The lowest BCUT2D eigenvalue weighted by Crippen LogP contribution is -2.37. The number of carbonyl (C=O) groups is 2. The molecule has 2 fully saturated rings. The van der Waals surface area contributed by atoms with E-state index in [4.69, 9.17) is 12.2 Å². The van der Waals surface area contributed by atoms with Crippen LogP contribution in [0.1, 0.15) is 66.6 Å². The maximum Gasteiger partial charge on any atom is 0.267 e. The van der Waals surface area contributed by atoms with Crippen molar-refractivity contribution >= 4 is 17.4 Å². The summed E-state index contributed by atoms with van der Waals surface area (Å²) in [6, 6.07) is 12.1. The highest BCUT2D eigenvalue weighted by Gasteiger charge is 2.46. The van der Waals surface area contributed by atoms with Crippen molar-refractivity contribution in [1.82, 2.24) is 21.3 Å². The van der Waals surface area contributed by atoms with E-state index in [0.717, 1.165) is 18.4 Å². The lowest BCUT2D eigenvalue weighted by atomic mass is 9.97. The summed E-state index contributed by atoms with van der Waals surface area (Å²) >= 11 is 0. The molecule has 0 heterocycles. The van der Waals surface area contributed by atoms with Crippen LogP contribution in [0.3, 0.4) is 0 Å². The third-order valence-corrected chi connectivity index (χ3v) is 7.07. The van der Waals surface area contributed by atoms with Gasteiger partial charge in [-0.2, -0.15) is 0 Å². The molecule has 2 aromatic rings. The summed E-state index contributed by atoms with van der Waals surface area (Å²) in [4.78, 5) is 26.1. The van der Waals surface area contributed by atoms with E-state index in [1.54, 1.807) is 38.1 Å². The number of benzene rings is 2. The third kappa shape index (κ3) is 7.06. The van der Waals surface area contributed by atoms with E-state index >= 15 is 0 Å². The molecule has 0 saturated heterocycles. The minimum absolute atomic E-state index is 0.154. The molecule has 0 aromatic heterocycles. The topological polar surface area (TPSA) is 108 Å². The number of allylic oxidation sites excluding steroid dienone is 1. The number of halogens is 1. The Morgan fingerprint density at radius 3 is 2.62 bits per heavy atom. The largest absolute Gasteiger partial charge is 0.388 e. The van der Waals surface area contributed by atoms with E-state index in [9.17, 15) is 14.0 Å². The molecule has 2 aliphatic rings. The number of nitrogens with one attached hydrogen (secondary N) is 4. The Balaban J connectivity index is 1.48. The minimum Gasteiger partial charge on any atom is -0.388 e. The van der Waals surface area contributed by atoms with Crippen LogP contribution in [-0.4, -0.2) is 30.4 Å². The van der Waals surface area contributed by atoms with Crippen molar-refractivity contribution in [3.05, 3.63) is 88.5 Å². The lowest BCUT2D eigenvalue weighted by molar-refractivity contribution is -0.118. The van der Waals surface area contributed by atoms with Gasteiger partial charge in [0.2, 0.25) is 0 Å². The summed E-state index contributed by atoms with van der Waals surface area (Å²) in [6.07, 6.45) is 12.6. The number of hydrogen-bond donors (Lipinski definition) is 5. The standard InChI is InChI=1S/C31H36FN5O2/c1-4-20(3)36-28(5-2)30(39)35-18-21-8-6-7-9-27(21)29(38)37-31(12-13-31)24-14-22(15-25(32)16-24)23(17-33)19-34-26-10-11-26/h1,5-9,14-16,19-20,26,34,36H,10-13,17-18,33H2,2-3H3,(H,35,39)(H,37,38)/b23-19+,28-5+. The number of carbonyl (C=O) groups excluding carboxylic acids is 2. The molecule has 0 bridgehead atoms. The summed E-state index contributed by atoms with van der Waals surface area (Å²) in [5.74, 6) is 1.56. The highest BCUT2D eigenvalue weighted by atomic mass is 19.1. The second kappa shape index (κ2) is 12.2. The van der Waals surface area contributed by atoms with Gasteiger partial charge >= 0.3 is 0 Å². The Hall–Kier alpha value is -4.09. The first-order valence-corrected chi connectivity index (χ1v) is 13.3. The molecule has 0 aliphatic heterocycles. The second-order valence-electron chi connectivity index (χ2n) is 10.2. The van der Waals surface area contributed by atoms with Gasteiger partial charge in [-0.05, 0) is 86.1 Å². The van der Waals surface area contributed by atoms with Crippen LogP contribution in [0.25, 0.3) is 5.57 Å². The van der Waals surface area contributed by atoms with Gasteiger partial charge < -0.3 is 27.0 Å². The van der Waals surface area contributed by atoms with Crippen LogP contribution in [0.2, 0.25) is 0 Å². The molecule has 6 N–H and O–H groups in total. The first-order chi connectivity index (χ1) is 18.8. The zero-order valence-electron chi connectivity index (χ0n) is 22.4. The van der Waals surface area contributed by atoms with Crippen LogP contribution in [0, 0.1) is 18.2 Å². The summed E-state index contributed by atoms with van der Waals surface area (Å²) in [5.41, 5.74) is 9.03. The SMILES string of the molecule is C#CC(C)N/C(=C/C)C(=O)NCc1ccccc1C(=O)NC1(c2cc(F)cc(/C(=C/NC3CC3)CN)c2)CC1. The van der Waals surface area contributed by atoms with Gasteiger partial charge in [0.1, 0.15) is 5.82 Å². The van der Waals surface area contributed by atoms with E-state index in [-0.39, 0.29) is 36.8 Å². The predicted molar refractivity (Wildman–Crippen MR) is 151 cm³/mol. The zero-order valence-corrected chi connectivity index (χ0v) is 22.4. The fourth-order valence-corrected chi connectivity index (χ4v) is 4.40. The van der Waals surface area contributed by atoms with Crippen molar-refractivity contribution in [3.63, 3.8) is 0 Å². The van der Waals surface area contributed by atoms with E-state index in [1.807, 2.05) is 18.3 Å². The van der Waals surface area contributed by atoms with E-state index in [1.165, 1.54) is 12.1 Å². The minimum atomic E-state index is -0.651. The number of amides is 2. The summed E-state index contributed by atoms with van der Waals surface area (Å²) < 4.78 is 14.7. The van der Waals surface area contributed by atoms with Crippen molar-refractivity contribution in [2.24, 2.45) is 5.73 Å². The molecule has 2 saturated carbocycles. The van der Waals surface area contributed by atoms with Crippen LogP contribution >= 0.6 is 0 Å². The molecule has 1 atom stereocenters. The Bertz CT molecular complexity index is 1330. The molecule has 0 spiro atoms. The van der Waals surface area contributed by atoms with Gasteiger partial charge in [-0.1, -0.05) is 30.2 Å². The second-order valence-corrected chi connectivity index (χ2v) is 10.2. The van der Waals surface area contributed by atoms with Crippen molar-refractivity contribution in [1.29, 1.82) is 0 Å². The van der Waals surface area contributed by atoms with Gasteiger partial charge in [-0.3, -0.25) is 9.59 Å². The first kappa shape index (κ1) is 27.9. The van der Waals surface area contributed by atoms with Crippen LogP contribution in [-0.2, 0) is 16.9 Å². The molecule has 204 valence electrons. The molecule has 1 unspecified atom stereocenters. The molecule has 2 aliphatic carbocycles. The quantitative estimate of drug-likeness (QED) is 0.214. The van der Waals surface area contributed by atoms with Crippen LogP contribution in [0.4, 0.5) is 4.39 Å². The van der Waals surface area contributed by atoms with E-state index in [0.29, 0.717) is 46.8 Å². The lowest BCUT2D eigenvalue weighted by Gasteiger charge is -2.21. The normalized spacial score (nSPS) is 17.0. The Morgan fingerprint density at radius 2 is 1.97 bits per heavy atom. The molecule has 39 heavy (non-hydrogen) atoms. The van der Waals surface area contributed by atoms with Gasteiger partial charge in [0.05, 0.1) is 17.3 Å². The average molecular weight is 530 g/mol. The van der Waals surface area contributed by atoms with Crippen molar-refractivity contribution in [2.45, 2.75) is 63.7 Å². The number of rotatable bonds is 12. The smallest absolute Gasteiger partial charge is 0.267 e. The van der Waals surface area contributed by atoms with E-state index in [2.05, 4.69) is 27.2 Å². The Kier molecular flexibility index (Phi) is 8.72. The monoisotopic (exact) mass is 529 g/mol. The summed E-state index contributed by atoms with van der Waals surface area (Å²) in [6.45, 7) is 3.95. The van der Waals surface area contributed by atoms with Crippen molar-refractivity contribution < 1.29 is 14.0 Å². The average Bonchev–Trinajstić information content (AvgIpc) is 3.87. The molecule has 0 radical (unpaired) electrons. The van der Waals surface area contributed by atoms with Crippen LogP contribution < -0.4 is 27.0 Å². The van der Waals surface area contributed by atoms with Crippen molar-refractivity contribution in [2.75, 3.05) is 6.54 Å². The molecule has 4 rings (SSSR count). The molecule has 2 amide bonds. The number of terminal acetylenes is 1. The maximum atomic E-state index is 14.7. The fraction of sp³-hybridized carbons (Fsp3) is 0.355. The Morgan fingerprint density at radius 1 is 1.23 bits per heavy atom. The van der Waals surface area contributed by atoms with Gasteiger partial charge in [0.25, 0.3) is 11.8 Å². The van der Waals surface area contributed by atoms with Crippen LogP contribution in [0.5, 0.6) is 0 Å². The van der Waals surface area contributed by atoms with Gasteiger partial charge in [0.15, 0.2) is 0 Å². The van der Waals surface area contributed by atoms with Crippen LogP contribution in [0.15, 0.2) is 60.4 Å². The van der Waals surface area contributed by atoms with Crippen molar-refractivity contribution in [3.8, 4) is 12.3 Å². The van der Waals surface area contributed by atoms with Gasteiger partial charge in [-0.25, -0.2) is 4.39 Å². The number of nitrogens with two attached hydrogens (primary N) is 1.